The van der Waals surface area contributed by atoms with E-state index in [1.165, 1.54) is 11.3 Å². The second-order valence-corrected chi connectivity index (χ2v) is 5.81. The summed E-state index contributed by atoms with van der Waals surface area (Å²) in [7, 11) is 0. The summed E-state index contributed by atoms with van der Waals surface area (Å²) in [5.41, 5.74) is 8.61. The third-order valence-electron chi connectivity index (χ3n) is 3.25. The molecule has 23 heavy (non-hydrogen) atoms. The first-order valence-electron chi connectivity index (χ1n) is 6.95. The number of aryl methyl sites for hydroxylation is 1. The van der Waals surface area contributed by atoms with E-state index in [1.807, 2.05) is 25.1 Å². The Labute approximate surface area is 143 Å². The smallest absolute Gasteiger partial charge is 0.270 e. The molecule has 0 spiro atoms. The van der Waals surface area contributed by atoms with Crippen molar-refractivity contribution in [2.24, 2.45) is 5.73 Å². The lowest BCUT2D eigenvalue weighted by Crippen LogP contribution is -2.26. The Morgan fingerprint density at radius 2 is 2.22 bits per heavy atom. The van der Waals surface area contributed by atoms with Crippen molar-refractivity contribution in [3.8, 4) is 0 Å². The van der Waals surface area contributed by atoms with Crippen LogP contribution in [0.5, 0.6) is 0 Å². The number of nitrogens with zero attached hydrogens (tertiary/aromatic N) is 2. The Morgan fingerprint density at radius 1 is 1.39 bits per heavy atom. The van der Waals surface area contributed by atoms with E-state index < -0.39 is 0 Å². The van der Waals surface area contributed by atoms with E-state index in [4.69, 9.17) is 10.2 Å². The molecule has 0 bridgehead atoms. The normalized spacial score (nSPS) is 10.5. The third kappa shape index (κ3) is 3.87. The van der Waals surface area contributed by atoms with Gasteiger partial charge in [-0.3, -0.25) is 4.79 Å². The molecule has 8 heteroatoms. The van der Waals surface area contributed by atoms with Gasteiger partial charge in [0.1, 0.15) is 16.2 Å². The van der Waals surface area contributed by atoms with E-state index in [0.29, 0.717) is 31.1 Å². The van der Waals surface area contributed by atoms with Crippen LogP contribution in [-0.4, -0.2) is 22.4 Å². The van der Waals surface area contributed by atoms with Gasteiger partial charge < -0.3 is 15.5 Å². The van der Waals surface area contributed by atoms with E-state index in [2.05, 4.69) is 15.3 Å². The molecule has 2 heterocycles. The molecule has 3 N–H and O–H groups in total. The predicted octanol–water partition coefficient (Wildman–Crippen LogP) is 2.45. The molecule has 3 aromatic rings. The fourth-order valence-electron chi connectivity index (χ4n) is 2.12. The molecule has 1 amide bonds. The summed E-state index contributed by atoms with van der Waals surface area (Å²) in [6.45, 7) is 2.79. The number of para-hydroxylation sites is 1. The number of carbonyl (C=O) groups excluding carboxylic acids is 1. The SMILES string of the molecule is Cc1cccc2oc(CCNC(=O)c3csc(CN)n3)nc12.Cl. The van der Waals surface area contributed by atoms with Crippen LogP contribution in [0.15, 0.2) is 28.0 Å². The van der Waals surface area contributed by atoms with Gasteiger partial charge in [-0.1, -0.05) is 12.1 Å². The van der Waals surface area contributed by atoms with Crippen molar-refractivity contribution >= 4 is 40.8 Å². The van der Waals surface area contributed by atoms with Gasteiger partial charge in [0.25, 0.3) is 5.91 Å². The number of benzene rings is 1. The van der Waals surface area contributed by atoms with Crippen LogP contribution in [0.25, 0.3) is 11.1 Å². The number of fused-ring (bicyclic) bond motifs is 1. The number of nitrogens with two attached hydrogens (primary N) is 1. The number of carbonyl (C=O) groups is 1. The Balaban J connectivity index is 0.00000192. The number of amides is 1. The number of hydrogen-bond donors (Lipinski definition) is 2. The number of oxazole rings is 1. The summed E-state index contributed by atoms with van der Waals surface area (Å²) in [6, 6.07) is 5.82. The van der Waals surface area contributed by atoms with Gasteiger partial charge in [0.05, 0.1) is 0 Å². The number of aromatic nitrogens is 2. The molecule has 0 fully saturated rings. The van der Waals surface area contributed by atoms with Crippen molar-refractivity contribution in [2.75, 3.05) is 6.54 Å². The molecule has 0 saturated heterocycles. The van der Waals surface area contributed by atoms with Gasteiger partial charge in [-0.2, -0.15) is 0 Å². The van der Waals surface area contributed by atoms with Crippen LogP contribution >= 0.6 is 23.7 Å². The fraction of sp³-hybridized carbons (Fsp3) is 0.267. The number of thiazole rings is 1. The van der Waals surface area contributed by atoms with Crippen molar-refractivity contribution < 1.29 is 9.21 Å². The molecule has 0 aliphatic rings. The molecule has 0 saturated carbocycles. The Kier molecular flexibility index (Phi) is 5.70. The minimum Gasteiger partial charge on any atom is -0.441 e. The van der Waals surface area contributed by atoms with E-state index >= 15 is 0 Å². The molecule has 3 rings (SSSR count). The van der Waals surface area contributed by atoms with Gasteiger partial charge in [0, 0.05) is 24.9 Å². The van der Waals surface area contributed by atoms with E-state index in [-0.39, 0.29) is 18.3 Å². The van der Waals surface area contributed by atoms with E-state index in [9.17, 15) is 4.79 Å². The minimum atomic E-state index is -0.205. The summed E-state index contributed by atoms with van der Waals surface area (Å²) in [6.07, 6.45) is 0.535. The van der Waals surface area contributed by atoms with Gasteiger partial charge in [-0.25, -0.2) is 9.97 Å². The van der Waals surface area contributed by atoms with Crippen molar-refractivity contribution in [1.29, 1.82) is 0 Å². The largest absolute Gasteiger partial charge is 0.441 e. The van der Waals surface area contributed by atoms with Crippen LogP contribution in [0, 0.1) is 6.92 Å². The third-order valence-corrected chi connectivity index (χ3v) is 4.12. The van der Waals surface area contributed by atoms with Gasteiger partial charge in [-0.15, -0.1) is 23.7 Å². The average molecular weight is 353 g/mol. The van der Waals surface area contributed by atoms with Crippen LogP contribution in [0.2, 0.25) is 0 Å². The zero-order valence-corrected chi connectivity index (χ0v) is 14.2. The zero-order chi connectivity index (χ0) is 15.5. The molecule has 2 aromatic heterocycles. The predicted molar refractivity (Wildman–Crippen MR) is 92.0 cm³/mol. The van der Waals surface area contributed by atoms with Crippen molar-refractivity contribution in [3.63, 3.8) is 0 Å². The summed E-state index contributed by atoms with van der Waals surface area (Å²) in [5, 5.41) is 5.27. The molecule has 1 aromatic carbocycles. The Hall–Kier alpha value is -1.96. The standard InChI is InChI=1S/C15H16N4O2S.ClH/c1-9-3-2-4-11-14(9)19-12(21-11)5-6-17-15(20)10-8-22-13(7-16)18-10;/h2-4,8H,5-7,16H2,1H3,(H,17,20);1H. The van der Waals surface area contributed by atoms with Crippen molar-refractivity contribution in [3.05, 3.63) is 45.7 Å². The maximum absolute atomic E-state index is 11.9. The second kappa shape index (κ2) is 7.54. The van der Waals surface area contributed by atoms with Gasteiger partial charge >= 0.3 is 0 Å². The average Bonchev–Trinajstić information content (AvgIpc) is 3.14. The zero-order valence-electron chi connectivity index (χ0n) is 12.5. The molecule has 0 aliphatic heterocycles. The lowest BCUT2D eigenvalue weighted by molar-refractivity contribution is 0.0949. The van der Waals surface area contributed by atoms with Crippen LogP contribution in [-0.2, 0) is 13.0 Å². The number of hydrogen-bond acceptors (Lipinski definition) is 6. The highest BCUT2D eigenvalue weighted by molar-refractivity contribution is 7.09. The van der Waals surface area contributed by atoms with Gasteiger partial charge in [0.2, 0.25) is 0 Å². The molecule has 122 valence electrons. The maximum Gasteiger partial charge on any atom is 0.270 e. The van der Waals surface area contributed by atoms with E-state index in [1.54, 1.807) is 5.38 Å². The lowest BCUT2D eigenvalue weighted by atomic mass is 10.2. The van der Waals surface area contributed by atoms with Crippen molar-refractivity contribution in [2.45, 2.75) is 19.9 Å². The van der Waals surface area contributed by atoms with Crippen molar-refractivity contribution in [1.82, 2.24) is 15.3 Å². The molecule has 6 nitrogen and oxygen atoms in total. The fourth-order valence-corrected chi connectivity index (χ4v) is 2.78. The quantitative estimate of drug-likeness (QED) is 0.735. The first-order chi connectivity index (χ1) is 10.7. The first-order valence-corrected chi connectivity index (χ1v) is 7.83. The molecule has 0 aliphatic carbocycles. The summed E-state index contributed by atoms with van der Waals surface area (Å²) >= 11 is 1.38. The Bertz CT molecular complexity index is 815. The number of halogens is 1. The molecular formula is C15H17ClN4O2S. The highest BCUT2D eigenvalue weighted by Crippen LogP contribution is 2.18. The molecule has 0 radical (unpaired) electrons. The first kappa shape index (κ1) is 17.4. The number of nitrogens with one attached hydrogen (secondary N) is 1. The van der Waals surface area contributed by atoms with Crippen LogP contribution in [0.3, 0.4) is 0 Å². The topological polar surface area (TPSA) is 94.0 Å². The van der Waals surface area contributed by atoms with Crippen LogP contribution < -0.4 is 11.1 Å². The second-order valence-electron chi connectivity index (χ2n) is 4.87. The Morgan fingerprint density at radius 3 is 2.91 bits per heavy atom. The minimum absolute atomic E-state index is 0. The summed E-state index contributed by atoms with van der Waals surface area (Å²) < 4.78 is 5.67. The monoisotopic (exact) mass is 352 g/mol. The highest BCUT2D eigenvalue weighted by atomic mass is 35.5. The van der Waals surface area contributed by atoms with Crippen LogP contribution in [0.1, 0.15) is 27.0 Å². The van der Waals surface area contributed by atoms with Crippen LogP contribution in [0.4, 0.5) is 0 Å². The molecule has 0 unspecified atom stereocenters. The highest BCUT2D eigenvalue weighted by Gasteiger charge is 2.11. The van der Waals surface area contributed by atoms with E-state index in [0.717, 1.165) is 21.7 Å². The summed E-state index contributed by atoms with van der Waals surface area (Å²) in [4.78, 5) is 20.5. The molecular weight excluding hydrogens is 336 g/mol. The van der Waals surface area contributed by atoms with Gasteiger partial charge in [0.15, 0.2) is 11.5 Å². The van der Waals surface area contributed by atoms with Gasteiger partial charge in [-0.05, 0) is 18.6 Å². The maximum atomic E-state index is 11.9. The lowest BCUT2D eigenvalue weighted by Gasteiger charge is -2.00. The molecule has 0 atom stereocenters. The number of rotatable bonds is 5. The summed E-state index contributed by atoms with van der Waals surface area (Å²) in [5.74, 6) is 0.411.